The second-order valence-corrected chi connectivity index (χ2v) is 8.82. The molecule has 0 saturated carbocycles. The lowest BCUT2D eigenvalue weighted by atomic mass is 9.76. The smallest absolute Gasteiger partial charge is 0.250 e. The molecule has 0 aromatic heterocycles. The summed E-state index contributed by atoms with van der Waals surface area (Å²) in [6.45, 7) is 0.0188. The van der Waals surface area contributed by atoms with Crippen LogP contribution in [0.2, 0.25) is 0 Å². The fourth-order valence-corrected chi connectivity index (χ4v) is 5.45. The van der Waals surface area contributed by atoms with Gasteiger partial charge in [0.1, 0.15) is 17.1 Å². The van der Waals surface area contributed by atoms with Gasteiger partial charge in [-0.15, -0.1) is 0 Å². The quantitative estimate of drug-likeness (QED) is 0.545. The molecule has 34 heavy (non-hydrogen) atoms. The highest BCUT2D eigenvalue weighted by molar-refractivity contribution is 6.15. The molecule has 0 bridgehead atoms. The number of ether oxygens (including phenoxy) is 1. The van der Waals surface area contributed by atoms with Crippen LogP contribution in [0.5, 0.6) is 5.75 Å². The number of methoxy groups -OCH3 is 1. The van der Waals surface area contributed by atoms with E-state index in [0.29, 0.717) is 17.0 Å². The van der Waals surface area contributed by atoms with Crippen LogP contribution in [0.15, 0.2) is 42.5 Å². The molecule has 3 aliphatic rings. The molecular weight excluding hydrogens is 443 g/mol. The Balaban J connectivity index is 1.56. The van der Waals surface area contributed by atoms with Crippen LogP contribution in [0.25, 0.3) is 0 Å². The summed E-state index contributed by atoms with van der Waals surface area (Å²) >= 11 is 0. The summed E-state index contributed by atoms with van der Waals surface area (Å²) in [6.07, 6.45) is 0.125. The maximum Gasteiger partial charge on any atom is 0.250 e. The summed E-state index contributed by atoms with van der Waals surface area (Å²) in [4.78, 5) is 53.1. The van der Waals surface area contributed by atoms with Crippen molar-refractivity contribution in [2.45, 2.75) is 31.0 Å². The van der Waals surface area contributed by atoms with Crippen LogP contribution in [0.3, 0.4) is 0 Å². The van der Waals surface area contributed by atoms with Crippen molar-refractivity contribution in [1.82, 2.24) is 10.2 Å². The maximum absolute atomic E-state index is 14.2. The number of nitrogens with one attached hydrogen (secondary N) is 2. The molecule has 3 aliphatic heterocycles. The zero-order valence-electron chi connectivity index (χ0n) is 18.3. The molecule has 10 heteroatoms. The van der Waals surface area contributed by atoms with Crippen LogP contribution in [-0.4, -0.2) is 41.7 Å². The van der Waals surface area contributed by atoms with Crippen molar-refractivity contribution >= 4 is 29.3 Å². The summed E-state index contributed by atoms with van der Waals surface area (Å²) < 4.78 is 19.4. The monoisotopic (exact) mass is 466 g/mol. The minimum atomic E-state index is -1.62. The molecule has 0 aliphatic carbocycles. The van der Waals surface area contributed by atoms with Crippen molar-refractivity contribution in [3.8, 4) is 5.75 Å². The number of carbonyl (C=O) groups excluding carboxylic acids is 4. The number of hydrogen-bond donors (Lipinski definition) is 3. The van der Waals surface area contributed by atoms with Crippen LogP contribution in [0.4, 0.5) is 10.1 Å². The topological polar surface area (TPSA) is 131 Å². The second-order valence-electron chi connectivity index (χ2n) is 8.82. The number of likely N-dealkylation sites (tertiary alicyclic amines) is 1. The molecule has 4 atom stereocenters. The maximum atomic E-state index is 14.2. The van der Waals surface area contributed by atoms with E-state index >= 15 is 0 Å². The first-order valence-corrected chi connectivity index (χ1v) is 10.9. The van der Waals surface area contributed by atoms with E-state index in [-0.39, 0.29) is 24.9 Å². The average Bonchev–Trinajstić information content (AvgIpc) is 3.39. The summed E-state index contributed by atoms with van der Waals surface area (Å²) in [5.74, 6) is -3.97. The number of benzene rings is 2. The lowest BCUT2D eigenvalue weighted by Crippen LogP contribution is -2.53. The Morgan fingerprint density at radius 3 is 2.56 bits per heavy atom. The van der Waals surface area contributed by atoms with Crippen LogP contribution < -0.4 is 21.1 Å². The Morgan fingerprint density at radius 1 is 1.15 bits per heavy atom. The van der Waals surface area contributed by atoms with Crippen molar-refractivity contribution in [3.05, 3.63) is 59.4 Å². The van der Waals surface area contributed by atoms with Gasteiger partial charge in [-0.1, -0.05) is 12.1 Å². The third kappa shape index (κ3) is 3.17. The second kappa shape index (κ2) is 7.91. The molecule has 2 saturated heterocycles. The first-order chi connectivity index (χ1) is 16.3. The summed E-state index contributed by atoms with van der Waals surface area (Å²) in [7, 11) is 1.54. The zero-order valence-corrected chi connectivity index (χ0v) is 18.3. The molecule has 4 N–H and O–H groups in total. The van der Waals surface area contributed by atoms with Gasteiger partial charge in [-0.25, -0.2) is 4.39 Å². The summed E-state index contributed by atoms with van der Waals surface area (Å²) in [5.41, 5.74) is 5.07. The van der Waals surface area contributed by atoms with Crippen molar-refractivity contribution in [2.24, 2.45) is 17.6 Å². The fourth-order valence-electron chi connectivity index (χ4n) is 5.45. The number of amides is 4. The van der Waals surface area contributed by atoms with Crippen molar-refractivity contribution in [1.29, 1.82) is 0 Å². The lowest BCUT2D eigenvalue weighted by molar-refractivity contribution is -0.143. The largest absolute Gasteiger partial charge is 0.497 e. The minimum Gasteiger partial charge on any atom is -0.497 e. The van der Waals surface area contributed by atoms with E-state index in [1.54, 1.807) is 24.3 Å². The Bertz CT molecular complexity index is 1220. The summed E-state index contributed by atoms with van der Waals surface area (Å²) in [6, 6.07) is 10.1. The van der Waals surface area contributed by atoms with Crippen LogP contribution in [0.1, 0.15) is 24.0 Å². The minimum absolute atomic E-state index is 0.0188. The van der Waals surface area contributed by atoms with Gasteiger partial charge in [0.15, 0.2) is 0 Å². The molecular formula is C24H23FN4O5. The van der Waals surface area contributed by atoms with Crippen LogP contribution in [0, 0.1) is 17.7 Å². The number of primary amides is 1. The van der Waals surface area contributed by atoms with E-state index in [1.165, 1.54) is 25.3 Å². The van der Waals surface area contributed by atoms with Crippen molar-refractivity contribution < 1.29 is 28.3 Å². The Kier molecular flexibility index (Phi) is 5.12. The lowest BCUT2D eigenvalue weighted by Gasteiger charge is -2.29. The van der Waals surface area contributed by atoms with Gasteiger partial charge in [0.25, 0.3) is 0 Å². The van der Waals surface area contributed by atoms with Gasteiger partial charge in [0.2, 0.25) is 23.6 Å². The number of fused-ring (bicyclic) bond motifs is 4. The van der Waals surface area contributed by atoms with Gasteiger partial charge in [-0.3, -0.25) is 29.4 Å². The standard InChI is InChI=1S/C24H23FN4O5/c1-34-14-5-2-12(3-6-14)11-29-21(31)19-17(8-9-18(26)30)28-24(20(19)22(29)32)15-10-13(25)4-7-16(15)27-23(24)33/h2-7,10,17,19-20,28H,8-9,11H2,1H3,(H2,26,30)(H,27,33)/t17-,19-,20+,24+/m1/s1. The van der Waals surface area contributed by atoms with Gasteiger partial charge in [-0.2, -0.15) is 0 Å². The van der Waals surface area contributed by atoms with E-state index in [9.17, 15) is 23.6 Å². The predicted octanol–water partition coefficient (Wildman–Crippen LogP) is 1.02. The first-order valence-electron chi connectivity index (χ1n) is 10.9. The highest BCUT2D eigenvalue weighted by Crippen LogP contribution is 2.53. The SMILES string of the molecule is COc1ccc(CN2C(=O)[C@H]3[C@@H](C2=O)[C@]2(N[C@@H]3CCC(N)=O)C(=O)Nc3ccc(F)cc32)cc1. The van der Waals surface area contributed by atoms with Gasteiger partial charge in [-0.05, 0) is 42.3 Å². The Hall–Kier alpha value is -3.79. The third-order valence-corrected chi connectivity index (χ3v) is 6.97. The first kappa shape index (κ1) is 22.0. The number of hydrogen-bond acceptors (Lipinski definition) is 6. The number of carbonyl (C=O) groups is 4. The van der Waals surface area contributed by atoms with Crippen molar-refractivity contribution in [2.75, 3.05) is 12.4 Å². The molecule has 1 spiro atoms. The molecule has 2 aromatic carbocycles. The Labute approximate surface area is 194 Å². The molecule has 0 radical (unpaired) electrons. The number of halogens is 1. The third-order valence-electron chi connectivity index (χ3n) is 6.97. The van der Waals surface area contributed by atoms with E-state index in [4.69, 9.17) is 10.5 Å². The van der Waals surface area contributed by atoms with Crippen molar-refractivity contribution in [3.63, 3.8) is 0 Å². The van der Waals surface area contributed by atoms with E-state index < -0.39 is 52.9 Å². The van der Waals surface area contributed by atoms with Crippen LogP contribution in [-0.2, 0) is 31.3 Å². The van der Waals surface area contributed by atoms with E-state index in [2.05, 4.69) is 10.6 Å². The van der Waals surface area contributed by atoms with Gasteiger partial charge in [0, 0.05) is 23.7 Å². The van der Waals surface area contributed by atoms with E-state index in [0.717, 1.165) is 4.90 Å². The highest BCUT2D eigenvalue weighted by Gasteiger charge is 2.70. The van der Waals surface area contributed by atoms with Gasteiger partial charge < -0.3 is 15.8 Å². The molecule has 2 fully saturated rings. The van der Waals surface area contributed by atoms with E-state index in [1.807, 2.05) is 0 Å². The number of imide groups is 1. The molecule has 9 nitrogen and oxygen atoms in total. The number of nitrogens with two attached hydrogens (primary N) is 1. The van der Waals surface area contributed by atoms with Gasteiger partial charge >= 0.3 is 0 Å². The highest BCUT2D eigenvalue weighted by atomic mass is 19.1. The molecule has 176 valence electrons. The predicted molar refractivity (Wildman–Crippen MR) is 118 cm³/mol. The molecule has 2 aromatic rings. The zero-order chi connectivity index (χ0) is 24.2. The molecule has 3 heterocycles. The fraction of sp³-hybridized carbons (Fsp3) is 0.333. The molecule has 0 unspecified atom stereocenters. The van der Waals surface area contributed by atoms with Crippen LogP contribution >= 0.6 is 0 Å². The molecule has 5 rings (SSSR count). The number of anilines is 1. The number of nitrogens with zero attached hydrogens (tertiary/aromatic N) is 1. The normalized spacial score (nSPS) is 27.2. The summed E-state index contributed by atoms with van der Waals surface area (Å²) in [5, 5.41) is 5.86. The number of rotatable bonds is 6. The molecule has 4 amide bonds. The van der Waals surface area contributed by atoms with Gasteiger partial charge in [0.05, 0.1) is 25.5 Å². The Morgan fingerprint density at radius 2 is 1.88 bits per heavy atom. The average molecular weight is 466 g/mol.